The number of benzene rings is 2. The molecular formula is C16H17BrFNO. The van der Waals surface area contributed by atoms with E-state index in [4.69, 9.17) is 4.74 Å². The zero-order valence-corrected chi connectivity index (χ0v) is 13.1. The van der Waals surface area contributed by atoms with Gasteiger partial charge in [-0.1, -0.05) is 46.3 Å². The molecule has 0 bridgehead atoms. The molecule has 2 rings (SSSR count). The fraction of sp³-hybridized carbons (Fsp3) is 0.250. The number of rotatable bonds is 5. The summed E-state index contributed by atoms with van der Waals surface area (Å²) in [4.78, 5) is 0. The Hall–Kier alpha value is -1.39. The first kappa shape index (κ1) is 15.0. The van der Waals surface area contributed by atoms with Crippen LogP contribution in [0.3, 0.4) is 0 Å². The SMILES string of the molecule is CNC(C)c1cccc(F)c1OCc1ccccc1Br. The second kappa shape index (κ2) is 6.86. The van der Waals surface area contributed by atoms with E-state index in [9.17, 15) is 4.39 Å². The van der Waals surface area contributed by atoms with Crippen LogP contribution in [0.4, 0.5) is 4.39 Å². The molecule has 4 heteroatoms. The van der Waals surface area contributed by atoms with Gasteiger partial charge in [0, 0.05) is 21.6 Å². The zero-order valence-electron chi connectivity index (χ0n) is 11.5. The van der Waals surface area contributed by atoms with E-state index in [1.165, 1.54) is 6.07 Å². The molecule has 0 amide bonds. The molecule has 1 atom stereocenters. The molecule has 0 aliphatic heterocycles. The maximum absolute atomic E-state index is 14.0. The lowest BCUT2D eigenvalue weighted by Gasteiger charge is -2.17. The third kappa shape index (κ3) is 3.38. The molecule has 2 nitrogen and oxygen atoms in total. The average Bonchev–Trinajstić information content (AvgIpc) is 2.46. The predicted molar refractivity (Wildman–Crippen MR) is 82.3 cm³/mol. The molecule has 20 heavy (non-hydrogen) atoms. The van der Waals surface area contributed by atoms with E-state index in [2.05, 4.69) is 21.2 Å². The molecule has 2 aromatic rings. The first-order chi connectivity index (χ1) is 9.63. The monoisotopic (exact) mass is 337 g/mol. The summed E-state index contributed by atoms with van der Waals surface area (Å²) in [5.74, 6) is -0.0262. The van der Waals surface area contributed by atoms with E-state index in [-0.39, 0.29) is 11.9 Å². The fourth-order valence-corrected chi connectivity index (χ4v) is 2.34. The molecule has 106 valence electrons. The van der Waals surface area contributed by atoms with Gasteiger partial charge >= 0.3 is 0 Å². The highest BCUT2D eigenvalue weighted by Gasteiger charge is 2.14. The van der Waals surface area contributed by atoms with Crippen LogP contribution in [-0.2, 0) is 6.61 Å². The van der Waals surface area contributed by atoms with Gasteiger partial charge in [0.25, 0.3) is 0 Å². The zero-order chi connectivity index (χ0) is 14.5. The Morgan fingerprint density at radius 1 is 1.20 bits per heavy atom. The van der Waals surface area contributed by atoms with E-state index < -0.39 is 0 Å². The second-order valence-electron chi connectivity index (χ2n) is 4.55. The highest BCUT2D eigenvalue weighted by Crippen LogP contribution is 2.29. The van der Waals surface area contributed by atoms with Crippen molar-refractivity contribution in [3.63, 3.8) is 0 Å². The summed E-state index contributed by atoms with van der Waals surface area (Å²) in [6.07, 6.45) is 0. The number of ether oxygens (including phenoxy) is 1. The molecular weight excluding hydrogens is 321 g/mol. The standard InChI is InChI=1S/C16H17BrFNO/c1-11(19-2)13-7-5-9-15(18)16(13)20-10-12-6-3-4-8-14(12)17/h3-9,11,19H,10H2,1-2H3. The number of hydrogen-bond donors (Lipinski definition) is 1. The average molecular weight is 338 g/mol. The second-order valence-corrected chi connectivity index (χ2v) is 5.40. The fourth-order valence-electron chi connectivity index (χ4n) is 1.94. The van der Waals surface area contributed by atoms with Gasteiger partial charge in [0.1, 0.15) is 6.61 Å². The maximum Gasteiger partial charge on any atom is 0.165 e. The van der Waals surface area contributed by atoms with E-state index in [1.807, 2.05) is 44.3 Å². The van der Waals surface area contributed by atoms with Gasteiger partial charge in [-0.2, -0.15) is 0 Å². The molecule has 0 aliphatic rings. The van der Waals surface area contributed by atoms with Crippen LogP contribution in [0.5, 0.6) is 5.75 Å². The van der Waals surface area contributed by atoms with Crippen molar-refractivity contribution in [3.8, 4) is 5.75 Å². The van der Waals surface area contributed by atoms with Crippen molar-refractivity contribution in [3.05, 3.63) is 63.9 Å². The molecule has 0 fully saturated rings. The molecule has 0 saturated heterocycles. The molecule has 1 unspecified atom stereocenters. The van der Waals surface area contributed by atoms with E-state index in [0.717, 1.165) is 15.6 Å². The van der Waals surface area contributed by atoms with Gasteiger partial charge in [-0.3, -0.25) is 0 Å². The first-order valence-corrected chi connectivity index (χ1v) is 7.24. The summed E-state index contributed by atoms with van der Waals surface area (Å²) >= 11 is 3.46. The smallest absolute Gasteiger partial charge is 0.165 e. The summed E-state index contributed by atoms with van der Waals surface area (Å²) < 4.78 is 20.7. The van der Waals surface area contributed by atoms with Crippen molar-refractivity contribution in [2.24, 2.45) is 0 Å². The lowest BCUT2D eigenvalue weighted by Crippen LogP contribution is -2.14. The van der Waals surface area contributed by atoms with Crippen LogP contribution in [0.1, 0.15) is 24.1 Å². The lowest BCUT2D eigenvalue weighted by atomic mass is 10.1. The predicted octanol–water partition coefficient (Wildman–Crippen LogP) is 4.45. The molecule has 0 radical (unpaired) electrons. The van der Waals surface area contributed by atoms with Gasteiger partial charge in [0.15, 0.2) is 11.6 Å². The van der Waals surface area contributed by atoms with E-state index in [0.29, 0.717) is 12.4 Å². The lowest BCUT2D eigenvalue weighted by molar-refractivity contribution is 0.283. The van der Waals surface area contributed by atoms with Gasteiger partial charge in [-0.25, -0.2) is 4.39 Å². The van der Waals surface area contributed by atoms with Crippen LogP contribution in [-0.4, -0.2) is 7.05 Å². The van der Waals surface area contributed by atoms with Crippen molar-refractivity contribution < 1.29 is 9.13 Å². The Kier molecular flexibility index (Phi) is 5.15. The Morgan fingerprint density at radius 2 is 1.95 bits per heavy atom. The third-order valence-corrected chi connectivity index (χ3v) is 4.00. The quantitative estimate of drug-likeness (QED) is 0.870. The summed E-state index contributed by atoms with van der Waals surface area (Å²) in [7, 11) is 1.84. The number of hydrogen-bond acceptors (Lipinski definition) is 2. The minimum Gasteiger partial charge on any atom is -0.485 e. The van der Waals surface area contributed by atoms with Crippen molar-refractivity contribution in [2.45, 2.75) is 19.6 Å². The first-order valence-electron chi connectivity index (χ1n) is 6.45. The minimum absolute atomic E-state index is 0.0277. The summed E-state index contributed by atoms with van der Waals surface area (Å²) in [6, 6.07) is 12.8. The molecule has 0 spiro atoms. The van der Waals surface area contributed by atoms with Gasteiger partial charge in [0.2, 0.25) is 0 Å². The largest absolute Gasteiger partial charge is 0.485 e. The maximum atomic E-state index is 14.0. The van der Waals surface area contributed by atoms with E-state index in [1.54, 1.807) is 6.07 Å². The normalized spacial score (nSPS) is 12.2. The molecule has 0 aliphatic carbocycles. The minimum atomic E-state index is -0.336. The number of nitrogens with one attached hydrogen (secondary N) is 1. The van der Waals surface area contributed by atoms with Gasteiger partial charge in [-0.15, -0.1) is 0 Å². The van der Waals surface area contributed by atoms with Crippen LogP contribution in [0.2, 0.25) is 0 Å². The van der Waals surface area contributed by atoms with Gasteiger partial charge in [0.05, 0.1) is 0 Å². The van der Waals surface area contributed by atoms with Crippen LogP contribution in [0.15, 0.2) is 46.9 Å². The van der Waals surface area contributed by atoms with Crippen molar-refractivity contribution in [1.82, 2.24) is 5.32 Å². The highest BCUT2D eigenvalue weighted by atomic mass is 79.9. The van der Waals surface area contributed by atoms with Crippen LogP contribution in [0.25, 0.3) is 0 Å². The van der Waals surface area contributed by atoms with Crippen LogP contribution in [0, 0.1) is 5.82 Å². The summed E-state index contributed by atoms with van der Waals surface area (Å²) in [5.41, 5.74) is 1.80. The Morgan fingerprint density at radius 3 is 2.65 bits per heavy atom. The van der Waals surface area contributed by atoms with Crippen LogP contribution < -0.4 is 10.1 Å². The number of halogens is 2. The molecule has 0 aromatic heterocycles. The van der Waals surface area contributed by atoms with Crippen molar-refractivity contribution >= 4 is 15.9 Å². The molecule has 2 aromatic carbocycles. The molecule has 1 N–H and O–H groups in total. The third-order valence-electron chi connectivity index (χ3n) is 3.23. The van der Waals surface area contributed by atoms with Gasteiger partial charge in [-0.05, 0) is 26.1 Å². The summed E-state index contributed by atoms with van der Waals surface area (Å²) in [5, 5.41) is 3.10. The van der Waals surface area contributed by atoms with Gasteiger partial charge < -0.3 is 10.1 Å². The topological polar surface area (TPSA) is 21.3 Å². The summed E-state index contributed by atoms with van der Waals surface area (Å²) in [6.45, 7) is 2.30. The van der Waals surface area contributed by atoms with Crippen molar-refractivity contribution in [2.75, 3.05) is 7.05 Å². The molecule has 0 heterocycles. The Labute approximate surface area is 127 Å². The Bertz CT molecular complexity index is 588. The van der Waals surface area contributed by atoms with Crippen molar-refractivity contribution in [1.29, 1.82) is 0 Å². The molecule has 0 saturated carbocycles. The van der Waals surface area contributed by atoms with Crippen LogP contribution >= 0.6 is 15.9 Å². The Balaban J connectivity index is 2.23. The highest BCUT2D eigenvalue weighted by molar-refractivity contribution is 9.10. The number of para-hydroxylation sites is 1. The van der Waals surface area contributed by atoms with E-state index >= 15 is 0 Å².